The minimum absolute atomic E-state index is 0.648. The average Bonchev–Trinajstić information content (AvgIpc) is 3.52. The Balaban J connectivity index is 1.67. The molecule has 40 heavy (non-hydrogen) atoms. The second-order valence-electron chi connectivity index (χ2n) is 9.97. The lowest BCUT2D eigenvalue weighted by atomic mass is 9.89. The summed E-state index contributed by atoms with van der Waals surface area (Å²) in [7, 11) is 1.46. The molecule has 0 amide bonds. The fourth-order valence-electron chi connectivity index (χ4n) is 5.06. The smallest absolute Gasteiger partial charge is 0.307 e. The van der Waals surface area contributed by atoms with Gasteiger partial charge in [0, 0.05) is 29.4 Å². The Labute approximate surface area is 233 Å². The molecule has 0 fully saturated rings. The molecule has 0 spiro atoms. The molecule has 1 atom stereocenters. The monoisotopic (exact) mass is 527 g/mol. The molecule has 1 unspecified atom stereocenters. The van der Waals surface area contributed by atoms with Gasteiger partial charge in [0.15, 0.2) is 5.72 Å². The maximum Gasteiger partial charge on any atom is 0.481 e. The van der Waals surface area contributed by atoms with Crippen molar-refractivity contribution in [1.82, 2.24) is 0 Å². The van der Waals surface area contributed by atoms with Crippen molar-refractivity contribution in [3.8, 4) is 0 Å². The van der Waals surface area contributed by atoms with Crippen LogP contribution in [0.15, 0.2) is 137 Å². The zero-order chi connectivity index (χ0) is 27.6. The highest BCUT2D eigenvalue weighted by atomic mass is 16.9. The summed E-state index contributed by atoms with van der Waals surface area (Å²) in [5, 5.41) is 13.1. The second kappa shape index (κ2) is 10.5. The molecule has 0 radical (unpaired) electrons. The number of benzene rings is 4. The van der Waals surface area contributed by atoms with Gasteiger partial charge in [0.1, 0.15) is 5.71 Å². The first-order valence-electron chi connectivity index (χ1n) is 13.2. The van der Waals surface area contributed by atoms with Gasteiger partial charge in [-0.15, -0.1) is 5.11 Å². The summed E-state index contributed by atoms with van der Waals surface area (Å²) >= 11 is 0. The highest BCUT2D eigenvalue weighted by Crippen LogP contribution is 2.50. The van der Waals surface area contributed by atoms with E-state index in [-0.39, 0.29) is 0 Å². The molecule has 0 saturated carbocycles. The predicted octanol–water partition coefficient (Wildman–Crippen LogP) is 8.07. The van der Waals surface area contributed by atoms with Crippen LogP contribution < -0.4 is 0 Å². The maximum absolute atomic E-state index is 6.05. The normalized spacial score (nSPS) is 19.8. The minimum Gasteiger partial charge on any atom is -0.307 e. The van der Waals surface area contributed by atoms with E-state index in [0.717, 1.165) is 44.5 Å². The number of ether oxygens (including phenoxy) is 2. The molecule has 4 aromatic rings. The van der Waals surface area contributed by atoms with Gasteiger partial charge in [-0.1, -0.05) is 132 Å². The van der Waals surface area contributed by atoms with Gasteiger partial charge in [0.25, 0.3) is 0 Å². The van der Waals surface area contributed by atoms with Crippen LogP contribution in [-0.2, 0) is 14.3 Å². The molecule has 2 aliphatic rings. The van der Waals surface area contributed by atoms with Gasteiger partial charge in [-0.3, -0.25) is 9.47 Å². The third-order valence-corrected chi connectivity index (χ3v) is 6.78. The summed E-state index contributed by atoms with van der Waals surface area (Å²) in [5.74, 6) is 0. The van der Waals surface area contributed by atoms with Gasteiger partial charge in [-0.05, 0) is 36.1 Å². The van der Waals surface area contributed by atoms with Crippen LogP contribution in [0.5, 0.6) is 0 Å². The number of allylic oxidation sites excluding steroid dienone is 4. The first-order chi connectivity index (χ1) is 19.5. The molecular weight excluding hydrogens is 498 g/mol. The van der Waals surface area contributed by atoms with Crippen molar-refractivity contribution >= 4 is 28.0 Å². The molecule has 6 heteroatoms. The van der Waals surface area contributed by atoms with Crippen molar-refractivity contribution in [2.45, 2.75) is 25.7 Å². The van der Waals surface area contributed by atoms with E-state index in [1.165, 1.54) is 7.11 Å². The molecule has 1 aliphatic carbocycles. The van der Waals surface area contributed by atoms with Gasteiger partial charge in [-0.2, -0.15) is 0 Å². The molecule has 0 saturated heterocycles. The molecular formula is C34H29N3O3. The Hall–Kier alpha value is -4.65. The van der Waals surface area contributed by atoms with Crippen LogP contribution in [0.1, 0.15) is 36.1 Å². The number of hydrogen-bond acceptors (Lipinski definition) is 6. The summed E-state index contributed by atoms with van der Waals surface area (Å²) in [5.41, 5.74) is 7.86. The SMILES string of the molecule is COC1(ON=C2C(c3ccccc3)=C(c3ccccc3)C(c3ccccc3)=C2c2ccccc2)N=NC(C)(C)O1. The summed E-state index contributed by atoms with van der Waals surface area (Å²) in [6, 6.07) is 41.2. The molecule has 6 rings (SSSR count). The van der Waals surface area contributed by atoms with Gasteiger partial charge < -0.3 is 4.84 Å². The lowest BCUT2D eigenvalue weighted by Gasteiger charge is -2.23. The van der Waals surface area contributed by atoms with Crippen LogP contribution in [0.25, 0.3) is 22.3 Å². The van der Waals surface area contributed by atoms with E-state index in [1.807, 2.05) is 48.5 Å². The van der Waals surface area contributed by atoms with E-state index < -0.39 is 11.8 Å². The summed E-state index contributed by atoms with van der Waals surface area (Å²) < 4.78 is 11.5. The lowest BCUT2D eigenvalue weighted by Crippen LogP contribution is -2.36. The van der Waals surface area contributed by atoms with Crippen molar-refractivity contribution in [3.05, 3.63) is 144 Å². The second-order valence-corrected chi connectivity index (χ2v) is 9.97. The van der Waals surface area contributed by atoms with Crippen molar-refractivity contribution < 1.29 is 14.3 Å². The third-order valence-electron chi connectivity index (χ3n) is 6.78. The Morgan fingerprint density at radius 3 is 1.25 bits per heavy atom. The van der Waals surface area contributed by atoms with Gasteiger partial charge in [0.05, 0.1) is 0 Å². The molecule has 1 heterocycles. The molecule has 4 aromatic carbocycles. The molecule has 1 aliphatic heterocycles. The van der Waals surface area contributed by atoms with E-state index >= 15 is 0 Å². The third kappa shape index (κ3) is 4.79. The maximum atomic E-state index is 6.05. The van der Waals surface area contributed by atoms with Crippen molar-refractivity contribution in [1.29, 1.82) is 0 Å². The zero-order valence-corrected chi connectivity index (χ0v) is 22.6. The van der Waals surface area contributed by atoms with Crippen molar-refractivity contribution in [3.63, 3.8) is 0 Å². The van der Waals surface area contributed by atoms with Crippen LogP contribution in [0, 0.1) is 0 Å². The van der Waals surface area contributed by atoms with E-state index in [9.17, 15) is 0 Å². The summed E-state index contributed by atoms with van der Waals surface area (Å²) in [6.45, 7) is 3.57. The Bertz CT molecular complexity index is 1530. The Kier molecular flexibility index (Phi) is 6.72. The summed E-state index contributed by atoms with van der Waals surface area (Å²) in [4.78, 5) is 6.05. The fourth-order valence-corrected chi connectivity index (χ4v) is 5.06. The zero-order valence-electron chi connectivity index (χ0n) is 22.6. The van der Waals surface area contributed by atoms with Crippen LogP contribution in [-0.4, -0.2) is 24.6 Å². The fraction of sp³-hybridized carbons (Fsp3) is 0.147. The van der Waals surface area contributed by atoms with E-state index in [4.69, 9.17) is 19.5 Å². The van der Waals surface area contributed by atoms with Crippen LogP contribution in [0.4, 0.5) is 0 Å². The minimum atomic E-state index is -1.79. The number of hydrogen-bond donors (Lipinski definition) is 0. The first kappa shape index (κ1) is 25.6. The largest absolute Gasteiger partial charge is 0.481 e. The van der Waals surface area contributed by atoms with E-state index in [2.05, 4.69) is 83.0 Å². The Morgan fingerprint density at radius 2 is 0.925 bits per heavy atom. The average molecular weight is 528 g/mol. The molecule has 0 N–H and O–H groups in total. The van der Waals surface area contributed by atoms with Gasteiger partial charge in [0.2, 0.25) is 0 Å². The van der Waals surface area contributed by atoms with Crippen molar-refractivity contribution in [2.24, 2.45) is 15.4 Å². The Morgan fingerprint density at radius 1 is 0.550 bits per heavy atom. The number of azo groups is 1. The molecule has 198 valence electrons. The van der Waals surface area contributed by atoms with Gasteiger partial charge in [-0.25, -0.2) is 0 Å². The predicted molar refractivity (Wildman–Crippen MR) is 158 cm³/mol. The van der Waals surface area contributed by atoms with Crippen LogP contribution >= 0.6 is 0 Å². The molecule has 6 nitrogen and oxygen atoms in total. The van der Waals surface area contributed by atoms with Crippen molar-refractivity contribution in [2.75, 3.05) is 7.11 Å². The van der Waals surface area contributed by atoms with Crippen LogP contribution in [0.2, 0.25) is 0 Å². The standard InChI is InChI=1S/C34H29N3O3/c1-33(2)36-37-34(38-3,39-33)40-35-32-30(26-20-12-6-13-21-26)28(24-16-8-4-9-17-24)29(25-18-10-5-11-19-25)31(32)27-22-14-7-15-23-27/h4-23H,1-3H3. The van der Waals surface area contributed by atoms with Crippen LogP contribution in [0.3, 0.4) is 0 Å². The van der Waals surface area contributed by atoms with Gasteiger partial charge >= 0.3 is 6.10 Å². The molecule has 0 bridgehead atoms. The quantitative estimate of drug-likeness (QED) is 0.180. The highest BCUT2D eigenvalue weighted by Gasteiger charge is 2.48. The number of oxime groups is 1. The number of nitrogens with zero attached hydrogens (tertiary/aromatic N) is 3. The topological polar surface area (TPSA) is 64.8 Å². The first-order valence-corrected chi connectivity index (χ1v) is 13.2. The number of methoxy groups -OCH3 is 1. The summed E-state index contributed by atoms with van der Waals surface area (Å²) in [6.07, 6.45) is -1.79. The lowest BCUT2D eigenvalue weighted by molar-refractivity contribution is -0.376. The van der Waals surface area contributed by atoms with E-state index in [0.29, 0.717) is 5.71 Å². The highest BCUT2D eigenvalue weighted by molar-refractivity contribution is 6.60. The molecule has 0 aromatic heterocycles. The number of rotatable bonds is 7. The van der Waals surface area contributed by atoms with E-state index in [1.54, 1.807) is 13.8 Å².